The Labute approximate surface area is 88.0 Å². The van der Waals surface area contributed by atoms with E-state index in [2.05, 4.69) is 15.5 Å². The SMILES string of the molecule is COC(CNC(=O)c1cc(C)[nH]n1)OC. The normalized spacial score (nSPS) is 10.7. The number of aryl methyl sites for hydroxylation is 1. The molecule has 2 N–H and O–H groups in total. The molecule has 84 valence electrons. The molecule has 1 amide bonds. The second-order valence-electron chi connectivity index (χ2n) is 3.05. The number of nitrogens with one attached hydrogen (secondary N) is 2. The molecule has 0 unspecified atom stereocenters. The van der Waals surface area contributed by atoms with Crippen LogP contribution >= 0.6 is 0 Å². The maximum atomic E-state index is 11.5. The third kappa shape index (κ3) is 3.34. The lowest BCUT2D eigenvalue weighted by Gasteiger charge is -2.13. The summed E-state index contributed by atoms with van der Waals surface area (Å²) in [4.78, 5) is 11.5. The molecular weight excluding hydrogens is 198 g/mol. The summed E-state index contributed by atoms with van der Waals surface area (Å²) < 4.78 is 9.85. The fraction of sp³-hybridized carbons (Fsp3) is 0.556. The number of aromatic nitrogens is 2. The van der Waals surface area contributed by atoms with Crippen LogP contribution in [0, 0.1) is 6.92 Å². The van der Waals surface area contributed by atoms with Crippen LogP contribution in [-0.4, -0.2) is 43.2 Å². The van der Waals surface area contributed by atoms with Gasteiger partial charge in [0.25, 0.3) is 5.91 Å². The first-order valence-corrected chi connectivity index (χ1v) is 4.53. The monoisotopic (exact) mass is 213 g/mol. The Hall–Kier alpha value is -1.40. The molecule has 0 aromatic carbocycles. The number of nitrogens with zero attached hydrogens (tertiary/aromatic N) is 1. The molecule has 0 aliphatic rings. The molecule has 0 spiro atoms. The van der Waals surface area contributed by atoms with Crippen LogP contribution in [0.1, 0.15) is 16.2 Å². The van der Waals surface area contributed by atoms with E-state index in [4.69, 9.17) is 9.47 Å². The number of carbonyl (C=O) groups is 1. The number of amides is 1. The van der Waals surface area contributed by atoms with Gasteiger partial charge in [0.1, 0.15) is 5.69 Å². The van der Waals surface area contributed by atoms with Crippen molar-refractivity contribution in [1.29, 1.82) is 0 Å². The van der Waals surface area contributed by atoms with Crippen LogP contribution in [0.5, 0.6) is 0 Å². The van der Waals surface area contributed by atoms with Gasteiger partial charge in [-0.15, -0.1) is 0 Å². The number of H-pyrrole nitrogens is 1. The van der Waals surface area contributed by atoms with E-state index in [1.165, 1.54) is 14.2 Å². The number of rotatable bonds is 5. The largest absolute Gasteiger partial charge is 0.354 e. The summed E-state index contributed by atoms with van der Waals surface area (Å²) >= 11 is 0. The van der Waals surface area contributed by atoms with Gasteiger partial charge in [-0.05, 0) is 13.0 Å². The van der Waals surface area contributed by atoms with Crippen LogP contribution in [0.25, 0.3) is 0 Å². The molecule has 0 atom stereocenters. The number of hydrogen-bond acceptors (Lipinski definition) is 4. The van der Waals surface area contributed by atoms with E-state index >= 15 is 0 Å². The molecule has 1 aromatic heterocycles. The molecule has 0 saturated heterocycles. The predicted octanol–water partition coefficient (Wildman–Crippen LogP) is 0.0668. The van der Waals surface area contributed by atoms with E-state index in [0.717, 1.165) is 5.69 Å². The summed E-state index contributed by atoms with van der Waals surface area (Å²) in [6.07, 6.45) is -0.436. The van der Waals surface area contributed by atoms with Crippen LogP contribution < -0.4 is 5.32 Å². The Morgan fingerprint density at radius 3 is 2.73 bits per heavy atom. The van der Waals surface area contributed by atoms with Gasteiger partial charge in [-0.3, -0.25) is 9.89 Å². The first-order chi connectivity index (χ1) is 7.17. The standard InChI is InChI=1S/C9H15N3O3/c1-6-4-7(12-11-6)9(13)10-5-8(14-2)15-3/h4,8H,5H2,1-3H3,(H,10,13)(H,11,12). The third-order valence-electron chi connectivity index (χ3n) is 1.89. The predicted molar refractivity (Wildman–Crippen MR) is 53.5 cm³/mol. The van der Waals surface area contributed by atoms with Gasteiger partial charge in [-0.25, -0.2) is 0 Å². The topological polar surface area (TPSA) is 76.2 Å². The van der Waals surface area contributed by atoms with Crippen molar-refractivity contribution < 1.29 is 14.3 Å². The minimum Gasteiger partial charge on any atom is -0.354 e. The molecule has 6 nitrogen and oxygen atoms in total. The molecule has 1 heterocycles. The number of methoxy groups -OCH3 is 2. The fourth-order valence-corrected chi connectivity index (χ4v) is 1.06. The van der Waals surface area contributed by atoms with Crippen molar-refractivity contribution in [2.24, 2.45) is 0 Å². The summed E-state index contributed by atoms with van der Waals surface area (Å²) in [5, 5.41) is 9.16. The second-order valence-corrected chi connectivity index (χ2v) is 3.05. The molecule has 0 fully saturated rings. The minimum absolute atomic E-state index is 0.251. The molecule has 0 bridgehead atoms. The lowest BCUT2D eigenvalue weighted by atomic mass is 10.3. The highest BCUT2D eigenvalue weighted by atomic mass is 16.7. The first kappa shape index (κ1) is 11.7. The molecular formula is C9H15N3O3. The highest BCUT2D eigenvalue weighted by molar-refractivity contribution is 5.92. The zero-order valence-corrected chi connectivity index (χ0v) is 9.03. The van der Waals surface area contributed by atoms with E-state index in [1.807, 2.05) is 6.92 Å². The Kier molecular flexibility index (Phi) is 4.26. The van der Waals surface area contributed by atoms with Gasteiger partial charge < -0.3 is 14.8 Å². The van der Waals surface area contributed by atoms with E-state index in [-0.39, 0.29) is 12.5 Å². The smallest absolute Gasteiger partial charge is 0.271 e. The summed E-state index contributed by atoms with van der Waals surface area (Å²) in [5.74, 6) is -0.251. The van der Waals surface area contributed by atoms with Crippen molar-refractivity contribution in [3.8, 4) is 0 Å². The summed E-state index contributed by atoms with van der Waals surface area (Å²) in [6.45, 7) is 2.12. The fourth-order valence-electron chi connectivity index (χ4n) is 1.06. The van der Waals surface area contributed by atoms with E-state index < -0.39 is 6.29 Å². The van der Waals surface area contributed by atoms with Crippen molar-refractivity contribution in [3.63, 3.8) is 0 Å². The lowest BCUT2D eigenvalue weighted by Crippen LogP contribution is -2.34. The zero-order chi connectivity index (χ0) is 11.3. The van der Waals surface area contributed by atoms with E-state index in [0.29, 0.717) is 5.69 Å². The number of ether oxygens (including phenoxy) is 2. The van der Waals surface area contributed by atoms with Gasteiger partial charge in [0, 0.05) is 19.9 Å². The molecule has 15 heavy (non-hydrogen) atoms. The molecule has 1 aromatic rings. The first-order valence-electron chi connectivity index (χ1n) is 4.53. The second kappa shape index (κ2) is 5.47. The van der Waals surface area contributed by atoms with Gasteiger partial charge in [0.15, 0.2) is 6.29 Å². The van der Waals surface area contributed by atoms with Gasteiger partial charge >= 0.3 is 0 Å². The molecule has 0 aliphatic heterocycles. The maximum Gasteiger partial charge on any atom is 0.271 e. The summed E-state index contributed by atoms with van der Waals surface area (Å²) in [7, 11) is 3.03. The Morgan fingerprint density at radius 2 is 2.27 bits per heavy atom. The van der Waals surface area contributed by atoms with Crippen molar-refractivity contribution in [1.82, 2.24) is 15.5 Å². The molecule has 1 rings (SSSR count). The van der Waals surface area contributed by atoms with Crippen LogP contribution in [-0.2, 0) is 9.47 Å². The number of aromatic amines is 1. The third-order valence-corrected chi connectivity index (χ3v) is 1.89. The van der Waals surface area contributed by atoms with Gasteiger partial charge in [-0.1, -0.05) is 0 Å². The number of hydrogen-bond donors (Lipinski definition) is 2. The highest BCUT2D eigenvalue weighted by Crippen LogP contribution is 1.97. The molecule has 0 saturated carbocycles. The lowest BCUT2D eigenvalue weighted by molar-refractivity contribution is -0.0974. The number of carbonyl (C=O) groups excluding carboxylic acids is 1. The Bertz CT molecular complexity index is 320. The van der Waals surface area contributed by atoms with Gasteiger partial charge in [0.2, 0.25) is 0 Å². The Morgan fingerprint density at radius 1 is 1.60 bits per heavy atom. The van der Waals surface area contributed by atoms with Crippen molar-refractivity contribution in [3.05, 3.63) is 17.5 Å². The van der Waals surface area contributed by atoms with Gasteiger partial charge in [0.05, 0.1) is 6.54 Å². The summed E-state index contributed by atoms with van der Waals surface area (Å²) in [6, 6.07) is 1.67. The summed E-state index contributed by atoms with van der Waals surface area (Å²) in [5.41, 5.74) is 1.20. The zero-order valence-electron chi connectivity index (χ0n) is 9.03. The molecule has 0 aliphatic carbocycles. The quantitative estimate of drug-likeness (QED) is 0.678. The van der Waals surface area contributed by atoms with E-state index in [9.17, 15) is 4.79 Å². The van der Waals surface area contributed by atoms with Crippen LogP contribution in [0.3, 0.4) is 0 Å². The minimum atomic E-state index is -0.436. The van der Waals surface area contributed by atoms with Crippen molar-refractivity contribution >= 4 is 5.91 Å². The van der Waals surface area contributed by atoms with Gasteiger partial charge in [-0.2, -0.15) is 5.10 Å². The van der Waals surface area contributed by atoms with Crippen molar-refractivity contribution in [2.45, 2.75) is 13.2 Å². The van der Waals surface area contributed by atoms with Crippen LogP contribution in [0.2, 0.25) is 0 Å². The molecule has 6 heteroatoms. The highest BCUT2D eigenvalue weighted by Gasteiger charge is 2.11. The molecule has 0 radical (unpaired) electrons. The average molecular weight is 213 g/mol. The van der Waals surface area contributed by atoms with Crippen molar-refractivity contribution in [2.75, 3.05) is 20.8 Å². The van der Waals surface area contributed by atoms with Crippen LogP contribution in [0.15, 0.2) is 6.07 Å². The maximum absolute atomic E-state index is 11.5. The van der Waals surface area contributed by atoms with Crippen LogP contribution in [0.4, 0.5) is 0 Å². The average Bonchev–Trinajstić information content (AvgIpc) is 2.66. The Balaban J connectivity index is 2.42. The van der Waals surface area contributed by atoms with E-state index in [1.54, 1.807) is 6.07 Å².